The number of halogens is 3. The minimum atomic E-state index is -2.88. The minimum Gasteiger partial charge on any atom is -0.465 e. The average molecular weight is 305 g/mol. The van der Waals surface area contributed by atoms with Gasteiger partial charge in [-0.2, -0.15) is 5.26 Å². The van der Waals surface area contributed by atoms with Gasteiger partial charge in [0.2, 0.25) is 0 Å². The third-order valence-electron chi connectivity index (χ3n) is 1.99. The fourth-order valence-corrected chi connectivity index (χ4v) is 1.69. The molecule has 17 heavy (non-hydrogen) atoms. The number of ether oxygens (including phenoxy) is 1. The second kappa shape index (κ2) is 5.68. The highest BCUT2D eigenvalue weighted by molar-refractivity contribution is 9.08. The molecule has 1 aromatic rings. The van der Waals surface area contributed by atoms with Gasteiger partial charge in [-0.3, -0.25) is 0 Å². The lowest BCUT2D eigenvalue weighted by molar-refractivity contribution is 0.0587. The van der Waals surface area contributed by atoms with Crippen LogP contribution in [0.2, 0.25) is 0 Å². The molecule has 1 rings (SSSR count). The molecule has 0 aliphatic carbocycles. The second-order valence-electron chi connectivity index (χ2n) is 2.96. The zero-order valence-corrected chi connectivity index (χ0v) is 10.3. The largest absolute Gasteiger partial charge is 0.465 e. The van der Waals surface area contributed by atoms with Gasteiger partial charge in [-0.25, -0.2) is 18.6 Å². The quantitative estimate of drug-likeness (QED) is 0.636. The van der Waals surface area contributed by atoms with Gasteiger partial charge in [0.05, 0.1) is 18.4 Å². The van der Waals surface area contributed by atoms with Crippen LogP contribution in [0.25, 0.3) is 0 Å². The van der Waals surface area contributed by atoms with Gasteiger partial charge < -0.3 is 4.74 Å². The van der Waals surface area contributed by atoms with Crippen LogP contribution in [0, 0.1) is 11.3 Å². The number of nitrogens with zero attached hydrogens (tertiary/aromatic N) is 2. The minimum absolute atomic E-state index is 0.0613. The van der Waals surface area contributed by atoms with Crippen molar-refractivity contribution in [2.45, 2.75) is 11.8 Å². The number of carbonyl (C=O) groups is 1. The van der Waals surface area contributed by atoms with Gasteiger partial charge in [-0.1, -0.05) is 15.9 Å². The molecule has 0 fully saturated rings. The van der Waals surface area contributed by atoms with E-state index in [4.69, 9.17) is 5.26 Å². The molecule has 0 bridgehead atoms. The molecule has 0 aliphatic rings. The number of alkyl halides is 3. The smallest absolute Gasteiger partial charge is 0.340 e. The van der Waals surface area contributed by atoms with E-state index in [2.05, 4.69) is 25.7 Å². The van der Waals surface area contributed by atoms with Crippen LogP contribution in [0.3, 0.4) is 0 Å². The van der Waals surface area contributed by atoms with E-state index >= 15 is 0 Å². The summed E-state index contributed by atoms with van der Waals surface area (Å²) in [6, 6.07) is 2.56. The Labute approximate surface area is 104 Å². The van der Waals surface area contributed by atoms with Crippen LogP contribution in [0.4, 0.5) is 8.78 Å². The number of carbonyl (C=O) groups excluding carboxylic acids is 1. The fourth-order valence-electron chi connectivity index (χ4n) is 1.28. The normalized spacial score (nSPS) is 10.1. The predicted octanol–water partition coefficient (Wildman–Crippen LogP) is 2.57. The molecule has 1 heterocycles. The molecule has 90 valence electrons. The number of hydrogen-bond acceptors (Lipinski definition) is 4. The summed E-state index contributed by atoms with van der Waals surface area (Å²) in [5.41, 5.74) is -0.940. The highest BCUT2D eigenvalue weighted by Gasteiger charge is 2.24. The Morgan fingerprint density at radius 2 is 2.35 bits per heavy atom. The van der Waals surface area contributed by atoms with Gasteiger partial charge in [0.1, 0.15) is 11.8 Å². The van der Waals surface area contributed by atoms with E-state index < -0.39 is 18.0 Å². The van der Waals surface area contributed by atoms with Crippen molar-refractivity contribution in [3.8, 4) is 6.07 Å². The van der Waals surface area contributed by atoms with E-state index in [1.54, 1.807) is 6.07 Å². The topological polar surface area (TPSA) is 63.0 Å². The molecule has 1 aromatic heterocycles. The maximum absolute atomic E-state index is 12.8. The third-order valence-corrected chi connectivity index (χ3v) is 2.52. The summed E-state index contributed by atoms with van der Waals surface area (Å²) in [5, 5.41) is 8.74. The molecule has 0 aromatic carbocycles. The van der Waals surface area contributed by atoms with Crippen molar-refractivity contribution in [3.63, 3.8) is 0 Å². The van der Waals surface area contributed by atoms with Crippen molar-refractivity contribution < 1.29 is 18.3 Å². The summed E-state index contributed by atoms with van der Waals surface area (Å²) in [4.78, 5) is 15.2. The van der Waals surface area contributed by atoms with Gasteiger partial charge >= 0.3 is 5.97 Å². The van der Waals surface area contributed by atoms with Gasteiger partial charge in [0.25, 0.3) is 6.43 Å². The number of rotatable bonds is 3. The van der Waals surface area contributed by atoms with Crippen molar-refractivity contribution in [2.24, 2.45) is 0 Å². The van der Waals surface area contributed by atoms with Crippen molar-refractivity contribution in [3.05, 3.63) is 28.6 Å². The molecule has 0 spiro atoms. The fraction of sp³-hybridized carbons (Fsp3) is 0.300. The van der Waals surface area contributed by atoms with Crippen LogP contribution >= 0.6 is 15.9 Å². The number of hydrogen-bond donors (Lipinski definition) is 0. The van der Waals surface area contributed by atoms with E-state index in [-0.39, 0.29) is 22.3 Å². The lowest BCUT2D eigenvalue weighted by Gasteiger charge is -2.10. The van der Waals surface area contributed by atoms with Crippen LogP contribution in [0.15, 0.2) is 6.07 Å². The predicted molar refractivity (Wildman–Crippen MR) is 57.9 cm³/mol. The van der Waals surface area contributed by atoms with E-state index in [0.717, 1.165) is 13.2 Å². The summed E-state index contributed by atoms with van der Waals surface area (Å²) < 4.78 is 30.0. The number of nitriles is 1. The molecular formula is C10H7BrF2N2O2. The number of aromatic nitrogens is 1. The number of esters is 1. The Balaban J connectivity index is 3.53. The standard InChI is InChI=1S/C10H7BrF2N2O2/c1-17-10(16)8-6(9(12)13)2-5(4-14)15-7(8)3-11/h2,9H,3H2,1H3. The zero-order valence-electron chi connectivity index (χ0n) is 8.71. The van der Waals surface area contributed by atoms with E-state index in [1.165, 1.54) is 0 Å². The molecule has 0 saturated heterocycles. The molecule has 4 nitrogen and oxygen atoms in total. The number of methoxy groups -OCH3 is 1. The van der Waals surface area contributed by atoms with E-state index in [9.17, 15) is 13.6 Å². The highest BCUT2D eigenvalue weighted by Crippen LogP contribution is 2.27. The lowest BCUT2D eigenvalue weighted by atomic mass is 10.1. The summed E-state index contributed by atoms with van der Waals surface area (Å²) >= 11 is 3.03. The second-order valence-corrected chi connectivity index (χ2v) is 3.52. The first-order chi connectivity index (χ1) is 8.04. The van der Waals surface area contributed by atoms with Gasteiger partial charge in [-0.05, 0) is 6.07 Å². The third kappa shape index (κ3) is 2.77. The Morgan fingerprint density at radius 3 is 2.76 bits per heavy atom. The summed E-state index contributed by atoms with van der Waals surface area (Å²) in [5.74, 6) is -0.897. The van der Waals surface area contributed by atoms with Gasteiger partial charge in [-0.15, -0.1) is 0 Å². The Morgan fingerprint density at radius 1 is 1.71 bits per heavy atom. The molecule has 0 amide bonds. The van der Waals surface area contributed by atoms with Crippen molar-refractivity contribution in [2.75, 3.05) is 7.11 Å². The Hall–Kier alpha value is -1.55. The first-order valence-electron chi connectivity index (χ1n) is 4.41. The molecule has 0 saturated carbocycles. The van der Waals surface area contributed by atoms with Crippen LogP contribution < -0.4 is 0 Å². The van der Waals surface area contributed by atoms with Crippen LogP contribution in [0.5, 0.6) is 0 Å². The van der Waals surface area contributed by atoms with Gasteiger partial charge in [0.15, 0.2) is 0 Å². The average Bonchev–Trinajstić information content (AvgIpc) is 2.35. The van der Waals surface area contributed by atoms with Gasteiger partial charge in [0, 0.05) is 10.9 Å². The zero-order chi connectivity index (χ0) is 13.0. The molecule has 0 N–H and O–H groups in total. The maximum Gasteiger partial charge on any atom is 0.340 e. The van der Waals surface area contributed by atoms with E-state index in [1.807, 2.05) is 0 Å². The summed E-state index contributed by atoms with van der Waals surface area (Å²) in [6.07, 6.45) is -2.88. The summed E-state index contributed by atoms with van der Waals surface area (Å²) in [6.45, 7) is 0. The molecule has 0 unspecified atom stereocenters. The molecular weight excluding hydrogens is 298 g/mol. The van der Waals surface area contributed by atoms with Crippen molar-refractivity contribution in [1.29, 1.82) is 5.26 Å². The first-order valence-corrected chi connectivity index (χ1v) is 5.53. The Bertz CT molecular complexity index is 486. The van der Waals surface area contributed by atoms with Crippen molar-refractivity contribution in [1.82, 2.24) is 4.98 Å². The Kier molecular flexibility index (Phi) is 4.52. The lowest BCUT2D eigenvalue weighted by Crippen LogP contribution is -2.12. The monoisotopic (exact) mass is 304 g/mol. The first kappa shape index (κ1) is 13.5. The summed E-state index contributed by atoms with van der Waals surface area (Å²) in [7, 11) is 1.09. The highest BCUT2D eigenvalue weighted by atomic mass is 79.9. The molecule has 7 heteroatoms. The van der Waals surface area contributed by atoms with Crippen LogP contribution in [-0.4, -0.2) is 18.1 Å². The van der Waals surface area contributed by atoms with Crippen LogP contribution in [-0.2, 0) is 10.1 Å². The maximum atomic E-state index is 12.8. The molecule has 0 radical (unpaired) electrons. The number of pyridine rings is 1. The molecule has 0 atom stereocenters. The SMILES string of the molecule is COC(=O)c1c(C(F)F)cc(C#N)nc1CBr. The van der Waals surface area contributed by atoms with E-state index in [0.29, 0.717) is 0 Å². The molecule has 0 aliphatic heterocycles. The van der Waals surface area contributed by atoms with Crippen LogP contribution in [0.1, 0.15) is 33.7 Å². The van der Waals surface area contributed by atoms with Crippen molar-refractivity contribution >= 4 is 21.9 Å².